The average molecular weight is 393 g/mol. The van der Waals surface area contributed by atoms with Gasteiger partial charge in [0.25, 0.3) is 18.2 Å². The molecule has 0 saturated carbocycles. The number of aromatic nitrogens is 3. The lowest BCUT2D eigenvalue weighted by Gasteiger charge is -2.08. The zero-order chi connectivity index (χ0) is 19.9. The van der Waals surface area contributed by atoms with E-state index in [0.29, 0.717) is 28.8 Å². The van der Waals surface area contributed by atoms with Gasteiger partial charge in [0.2, 0.25) is 0 Å². The summed E-state index contributed by atoms with van der Waals surface area (Å²) < 4.78 is 27.7. The van der Waals surface area contributed by atoms with Crippen LogP contribution in [0.4, 0.5) is 14.5 Å². The van der Waals surface area contributed by atoms with E-state index in [1.165, 1.54) is 6.07 Å². The van der Waals surface area contributed by atoms with Crippen LogP contribution in [0, 0.1) is 13.8 Å². The van der Waals surface area contributed by atoms with E-state index in [4.69, 9.17) is 5.73 Å². The maximum absolute atomic E-state index is 13.0. The standard InChI is InChI=1S/C17H17F2N5O2S/c1-4-24-6-9(8(3)23-24)16(26)22-12-11-7(2)5-10(14(18)19)21-17(11)27-13(12)15(20)25/h5-6,14H,4H2,1-3H3,(H2,20,25)(H,22,26). The second-order valence-corrected chi connectivity index (χ2v) is 6.95. The Morgan fingerprint density at radius 1 is 1.37 bits per heavy atom. The van der Waals surface area contributed by atoms with E-state index in [9.17, 15) is 18.4 Å². The lowest BCUT2D eigenvalue weighted by Crippen LogP contribution is -2.17. The number of nitrogens with two attached hydrogens (primary N) is 1. The first-order chi connectivity index (χ1) is 12.7. The Kier molecular flexibility index (Phi) is 4.92. The Balaban J connectivity index is 2.12. The van der Waals surface area contributed by atoms with Gasteiger partial charge in [-0.3, -0.25) is 14.3 Å². The van der Waals surface area contributed by atoms with E-state index in [-0.39, 0.29) is 15.4 Å². The molecule has 142 valence electrons. The van der Waals surface area contributed by atoms with Crippen LogP contribution >= 0.6 is 11.3 Å². The average Bonchev–Trinajstić information content (AvgIpc) is 3.15. The lowest BCUT2D eigenvalue weighted by atomic mass is 10.1. The van der Waals surface area contributed by atoms with Crippen LogP contribution in [0.1, 0.15) is 50.3 Å². The summed E-state index contributed by atoms with van der Waals surface area (Å²) in [4.78, 5) is 28.7. The summed E-state index contributed by atoms with van der Waals surface area (Å²) in [6.45, 7) is 5.80. The first-order valence-electron chi connectivity index (χ1n) is 8.10. The number of anilines is 1. The van der Waals surface area contributed by atoms with Crippen LogP contribution in [-0.2, 0) is 6.54 Å². The number of halogens is 2. The van der Waals surface area contributed by atoms with E-state index in [2.05, 4.69) is 15.4 Å². The number of primary amides is 1. The highest BCUT2D eigenvalue weighted by molar-refractivity contribution is 7.21. The minimum atomic E-state index is -2.74. The molecule has 0 aromatic carbocycles. The number of nitrogens with zero attached hydrogens (tertiary/aromatic N) is 3. The molecule has 0 aliphatic heterocycles. The summed E-state index contributed by atoms with van der Waals surface area (Å²) in [5.74, 6) is -1.24. The fraction of sp³-hybridized carbons (Fsp3) is 0.294. The van der Waals surface area contributed by atoms with Crippen molar-refractivity contribution in [3.63, 3.8) is 0 Å². The quantitative estimate of drug-likeness (QED) is 0.693. The van der Waals surface area contributed by atoms with Crippen LogP contribution in [0.2, 0.25) is 0 Å². The topological polar surface area (TPSA) is 103 Å². The molecule has 3 aromatic rings. The molecule has 0 unspecified atom stereocenters. The zero-order valence-electron chi connectivity index (χ0n) is 14.8. The van der Waals surface area contributed by atoms with Crippen LogP contribution in [-0.4, -0.2) is 26.6 Å². The SMILES string of the molecule is CCn1cc(C(=O)Nc2c(C(N)=O)sc3nc(C(F)F)cc(C)c23)c(C)n1. The summed E-state index contributed by atoms with van der Waals surface area (Å²) in [5.41, 5.74) is 6.56. The third-order valence-electron chi connectivity index (χ3n) is 4.08. The van der Waals surface area contributed by atoms with Crippen molar-refractivity contribution in [1.29, 1.82) is 0 Å². The maximum Gasteiger partial charge on any atom is 0.280 e. The minimum Gasteiger partial charge on any atom is -0.365 e. The first-order valence-corrected chi connectivity index (χ1v) is 8.92. The predicted octanol–water partition coefficient (Wildman–Crippen LogP) is 3.42. The Bertz CT molecular complexity index is 1060. The Morgan fingerprint density at radius 3 is 2.63 bits per heavy atom. The number of carbonyl (C=O) groups excluding carboxylic acids is 2. The molecular formula is C17H17F2N5O2S. The second kappa shape index (κ2) is 7.03. The van der Waals surface area contributed by atoms with Gasteiger partial charge < -0.3 is 11.1 Å². The Morgan fingerprint density at radius 2 is 2.07 bits per heavy atom. The molecule has 3 heterocycles. The van der Waals surface area contributed by atoms with Gasteiger partial charge in [-0.05, 0) is 32.4 Å². The first kappa shape index (κ1) is 18.9. The van der Waals surface area contributed by atoms with Crippen molar-refractivity contribution in [2.24, 2.45) is 5.73 Å². The van der Waals surface area contributed by atoms with Crippen molar-refractivity contribution in [2.75, 3.05) is 5.32 Å². The number of thiophene rings is 1. The molecule has 10 heteroatoms. The number of rotatable bonds is 5. The number of alkyl halides is 2. The molecule has 0 aliphatic rings. The molecule has 0 bridgehead atoms. The monoisotopic (exact) mass is 393 g/mol. The Hall–Kier alpha value is -2.88. The second-order valence-electron chi connectivity index (χ2n) is 5.95. The van der Waals surface area contributed by atoms with Crippen LogP contribution in [0.15, 0.2) is 12.3 Å². The van der Waals surface area contributed by atoms with Gasteiger partial charge in [-0.2, -0.15) is 5.10 Å². The number of aryl methyl sites for hydroxylation is 3. The van der Waals surface area contributed by atoms with E-state index >= 15 is 0 Å². The van der Waals surface area contributed by atoms with E-state index in [1.54, 1.807) is 24.7 Å². The number of pyridine rings is 1. The predicted molar refractivity (Wildman–Crippen MR) is 98.4 cm³/mol. The van der Waals surface area contributed by atoms with Crippen LogP contribution in [0.25, 0.3) is 10.2 Å². The van der Waals surface area contributed by atoms with Gasteiger partial charge in [-0.1, -0.05) is 0 Å². The maximum atomic E-state index is 13.0. The molecular weight excluding hydrogens is 376 g/mol. The fourth-order valence-electron chi connectivity index (χ4n) is 2.80. The van der Waals surface area contributed by atoms with Crippen LogP contribution in [0.3, 0.4) is 0 Å². The molecule has 3 aromatic heterocycles. The molecule has 0 fully saturated rings. The summed E-state index contributed by atoms with van der Waals surface area (Å²) in [6.07, 6.45) is -1.14. The van der Waals surface area contributed by atoms with Crippen molar-refractivity contribution in [2.45, 2.75) is 33.7 Å². The van der Waals surface area contributed by atoms with Gasteiger partial charge in [0.15, 0.2) is 0 Å². The summed E-state index contributed by atoms with van der Waals surface area (Å²) in [6, 6.07) is 1.24. The van der Waals surface area contributed by atoms with Crippen molar-refractivity contribution in [1.82, 2.24) is 14.8 Å². The molecule has 0 spiro atoms. The van der Waals surface area contributed by atoms with Crippen molar-refractivity contribution < 1.29 is 18.4 Å². The number of hydrogen-bond donors (Lipinski definition) is 2. The van der Waals surface area contributed by atoms with Gasteiger partial charge >= 0.3 is 0 Å². The smallest absolute Gasteiger partial charge is 0.280 e. The third kappa shape index (κ3) is 3.39. The van der Waals surface area contributed by atoms with E-state index < -0.39 is 23.9 Å². The van der Waals surface area contributed by atoms with E-state index in [0.717, 1.165) is 11.3 Å². The number of amides is 2. The third-order valence-corrected chi connectivity index (χ3v) is 5.18. The molecule has 0 saturated heterocycles. The molecule has 0 aliphatic carbocycles. The highest BCUT2D eigenvalue weighted by Gasteiger charge is 2.24. The number of carbonyl (C=O) groups is 2. The number of fused-ring (bicyclic) bond motifs is 1. The van der Waals surface area contributed by atoms with Gasteiger partial charge in [-0.15, -0.1) is 11.3 Å². The molecule has 27 heavy (non-hydrogen) atoms. The number of hydrogen-bond acceptors (Lipinski definition) is 5. The fourth-order valence-corrected chi connectivity index (χ4v) is 3.86. The summed E-state index contributed by atoms with van der Waals surface area (Å²) in [5, 5.41) is 7.33. The lowest BCUT2D eigenvalue weighted by molar-refractivity contribution is 0.100. The summed E-state index contributed by atoms with van der Waals surface area (Å²) in [7, 11) is 0. The zero-order valence-corrected chi connectivity index (χ0v) is 15.7. The van der Waals surface area contributed by atoms with Crippen molar-refractivity contribution in [3.05, 3.63) is 39.7 Å². The van der Waals surface area contributed by atoms with Crippen LogP contribution in [0.5, 0.6) is 0 Å². The minimum absolute atomic E-state index is 0.0564. The number of nitrogens with one attached hydrogen (secondary N) is 1. The van der Waals surface area contributed by atoms with Crippen molar-refractivity contribution >= 4 is 39.1 Å². The molecule has 3 N–H and O–H groups in total. The van der Waals surface area contributed by atoms with E-state index in [1.807, 2.05) is 6.92 Å². The van der Waals surface area contributed by atoms with Crippen molar-refractivity contribution in [3.8, 4) is 0 Å². The highest BCUT2D eigenvalue weighted by Crippen LogP contribution is 2.38. The molecule has 3 rings (SSSR count). The normalized spacial score (nSPS) is 11.3. The molecule has 2 amide bonds. The van der Waals surface area contributed by atoms with Crippen LogP contribution < -0.4 is 11.1 Å². The van der Waals surface area contributed by atoms with Gasteiger partial charge in [0, 0.05) is 18.1 Å². The van der Waals surface area contributed by atoms with Gasteiger partial charge in [-0.25, -0.2) is 13.8 Å². The summed E-state index contributed by atoms with van der Waals surface area (Å²) >= 11 is 0.874. The molecule has 0 radical (unpaired) electrons. The van der Waals surface area contributed by atoms with Gasteiger partial charge in [0.05, 0.1) is 16.9 Å². The highest BCUT2D eigenvalue weighted by atomic mass is 32.1. The van der Waals surface area contributed by atoms with Gasteiger partial charge in [0.1, 0.15) is 15.4 Å². The molecule has 0 atom stereocenters. The largest absolute Gasteiger partial charge is 0.365 e. The molecule has 7 nitrogen and oxygen atoms in total. The Labute approximate surface area is 157 Å².